The van der Waals surface area contributed by atoms with E-state index in [1.807, 2.05) is 18.2 Å². The summed E-state index contributed by atoms with van der Waals surface area (Å²) in [6.45, 7) is 0. The summed E-state index contributed by atoms with van der Waals surface area (Å²) in [6.07, 6.45) is -2.83. The number of rotatable bonds is 5. The van der Waals surface area contributed by atoms with Gasteiger partial charge in [-0.3, -0.25) is 0 Å². The van der Waals surface area contributed by atoms with Gasteiger partial charge < -0.3 is 9.84 Å². The summed E-state index contributed by atoms with van der Waals surface area (Å²) in [5.74, 6) is 0.717. The molecule has 0 spiro atoms. The van der Waals surface area contributed by atoms with Gasteiger partial charge >= 0.3 is 0 Å². The highest BCUT2D eigenvalue weighted by Crippen LogP contribution is 2.28. The van der Waals surface area contributed by atoms with Crippen LogP contribution < -0.4 is 4.74 Å². The highest BCUT2D eigenvalue weighted by Gasteiger charge is 2.12. The third-order valence-electron chi connectivity index (χ3n) is 3.22. The van der Waals surface area contributed by atoms with E-state index in [1.54, 1.807) is 7.11 Å². The van der Waals surface area contributed by atoms with Crippen LogP contribution >= 0.6 is 15.9 Å². The topological polar surface area (TPSA) is 29.5 Å². The molecule has 2 aromatic rings. The molecule has 21 heavy (non-hydrogen) atoms. The van der Waals surface area contributed by atoms with Gasteiger partial charge in [-0.05, 0) is 39.2 Å². The summed E-state index contributed by atoms with van der Waals surface area (Å²) in [7, 11) is 1.58. The number of aliphatic hydroxyl groups is 1. The molecule has 0 fully saturated rings. The van der Waals surface area contributed by atoms with Gasteiger partial charge in [-0.25, -0.2) is 8.78 Å². The fourth-order valence-electron chi connectivity index (χ4n) is 2.04. The van der Waals surface area contributed by atoms with E-state index < -0.39 is 12.5 Å². The monoisotopic (exact) mass is 356 g/mol. The molecule has 0 aromatic heterocycles. The van der Waals surface area contributed by atoms with Crippen LogP contribution in [0.3, 0.4) is 0 Å². The van der Waals surface area contributed by atoms with Crippen LogP contribution in [-0.4, -0.2) is 12.2 Å². The smallest absolute Gasteiger partial charge is 0.263 e. The van der Waals surface area contributed by atoms with Gasteiger partial charge in [-0.2, -0.15) is 0 Å². The largest absolute Gasteiger partial charge is 0.496 e. The van der Waals surface area contributed by atoms with E-state index in [-0.39, 0.29) is 5.56 Å². The quantitative estimate of drug-likeness (QED) is 0.843. The number of alkyl halides is 2. The fourth-order valence-corrected chi connectivity index (χ4v) is 2.63. The zero-order valence-electron chi connectivity index (χ0n) is 11.4. The SMILES string of the molecule is COc1ccc(CC(O)c2ccc(C(F)F)cc2)cc1Br. The summed E-state index contributed by atoms with van der Waals surface area (Å²) in [6, 6.07) is 11.3. The molecule has 1 N–H and O–H groups in total. The average molecular weight is 357 g/mol. The Morgan fingerprint density at radius 3 is 2.24 bits per heavy atom. The summed E-state index contributed by atoms with van der Waals surface area (Å²) in [4.78, 5) is 0. The second-order valence-electron chi connectivity index (χ2n) is 4.66. The summed E-state index contributed by atoms with van der Waals surface area (Å²) in [5.41, 5.74) is 1.50. The Balaban J connectivity index is 2.10. The second-order valence-corrected chi connectivity index (χ2v) is 5.51. The number of halogens is 3. The molecule has 0 saturated carbocycles. The molecular formula is C16H15BrF2O2. The molecular weight excluding hydrogens is 342 g/mol. The zero-order valence-corrected chi connectivity index (χ0v) is 13.0. The molecule has 0 aliphatic rings. The highest BCUT2D eigenvalue weighted by molar-refractivity contribution is 9.10. The Morgan fingerprint density at radius 1 is 1.10 bits per heavy atom. The lowest BCUT2D eigenvalue weighted by atomic mass is 10.0. The van der Waals surface area contributed by atoms with Gasteiger partial charge in [-0.15, -0.1) is 0 Å². The van der Waals surface area contributed by atoms with Gasteiger partial charge in [0.15, 0.2) is 0 Å². The average Bonchev–Trinajstić information content (AvgIpc) is 2.47. The first-order chi connectivity index (χ1) is 10.0. The predicted molar refractivity (Wildman–Crippen MR) is 80.8 cm³/mol. The zero-order chi connectivity index (χ0) is 15.4. The first kappa shape index (κ1) is 15.9. The Morgan fingerprint density at radius 2 is 1.71 bits per heavy atom. The van der Waals surface area contributed by atoms with E-state index in [1.165, 1.54) is 24.3 Å². The maximum Gasteiger partial charge on any atom is 0.263 e. The van der Waals surface area contributed by atoms with Crippen molar-refractivity contribution in [3.8, 4) is 5.75 Å². The Labute approximate surface area is 130 Å². The molecule has 1 unspecified atom stereocenters. The summed E-state index contributed by atoms with van der Waals surface area (Å²) < 4.78 is 30.9. The van der Waals surface area contributed by atoms with Crippen LogP contribution in [0, 0.1) is 0 Å². The lowest BCUT2D eigenvalue weighted by Crippen LogP contribution is -2.02. The maximum atomic E-state index is 12.5. The van der Waals surface area contributed by atoms with Crippen LogP contribution in [0.5, 0.6) is 5.75 Å². The normalized spacial score (nSPS) is 12.5. The number of methoxy groups -OCH3 is 1. The van der Waals surface area contributed by atoms with Crippen molar-refractivity contribution in [1.82, 2.24) is 0 Å². The second kappa shape index (κ2) is 7.00. The minimum atomic E-state index is -2.49. The van der Waals surface area contributed by atoms with Crippen molar-refractivity contribution in [2.45, 2.75) is 19.0 Å². The van der Waals surface area contributed by atoms with E-state index >= 15 is 0 Å². The highest BCUT2D eigenvalue weighted by atomic mass is 79.9. The van der Waals surface area contributed by atoms with Crippen LogP contribution in [0.15, 0.2) is 46.9 Å². The summed E-state index contributed by atoms with van der Waals surface area (Å²) in [5, 5.41) is 10.2. The third kappa shape index (κ3) is 4.02. The minimum Gasteiger partial charge on any atom is -0.496 e. The van der Waals surface area contributed by atoms with Gasteiger partial charge in [0, 0.05) is 12.0 Å². The van der Waals surface area contributed by atoms with Crippen molar-refractivity contribution in [1.29, 1.82) is 0 Å². The molecule has 0 heterocycles. The van der Waals surface area contributed by atoms with Crippen molar-refractivity contribution in [2.24, 2.45) is 0 Å². The van der Waals surface area contributed by atoms with Crippen LogP contribution in [-0.2, 0) is 6.42 Å². The minimum absolute atomic E-state index is 0.0434. The Kier molecular flexibility index (Phi) is 5.31. The van der Waals surface area contributed by atoms with Gasteiger partial charge in [0.1, 0.15) is 5.75 Å². The standard InChI is InChI=1S/C16H15BrF2O2/c1-21-15-7-2-10(8-13(15)17)9-14(20)11-3-5-12(6-4-11)16(18)19/h2-8,14,16,20H,9H2,1H3. The molecule has 2 aromatic carbocycles. The van der Waals surface area contributed by atoms with Crippen molar-refractivity contribution >= 4 is 15.9 Å². The van der Waals surface area contributed by atoms with Crippen LogP contribution in [0.1, 0.15) is 29.2 Å². The molecule has 2 nitrogen and oxygen atoms in total. The molecule has 1 atom stereocenters. The third-order valence-corrected chi connectivity index (χ3v) is 3.84. The van der Waals surface area contributed by atoms with Crippen molar-refractivity contribution in [3.63, 3.8) is 0 Å². The molecule has 0 saturated heterocycles. The van der Waals surface area contributed by atoms with E-state index in [0.29, 0.717) is 12.0 Å². The lowest BCUT2D eigenvalue weighted by Gasteiger charge is -2.13. The molecule has 0 radical (unpaired) electrons. The molecule has 0 aliphatic carbocycles. The molecule has 5 heteroatoms. The number of aliphatic hydroxyl groups excluding tert-OH is 1. The maximum absolute atomic E-state index is 12.5. The number of hydrogen-bond acceptors (Lipinski definition) is 2. The Bertz CT molecular complexity index is 600. The van der Waals surface area contributed by atoms with Crippen LogP contribution in [0.25, 0.3) is 0 Å². The first-order valence-corrected chi connectivity index (χ1v) is 7.19. The number of hydrogen-bond donors (Lipinski definition) is 1. The van der Waals surface area contributed by atoms with Crippen molar-refractivity contribution < 1.29 is 18.6 Å². The molecule has 0 amide bonds. The van der Waals surface area contributed by atoms with Crippen LogP contribution in [0.4, 0.5) is 8.78 Å². The number of ether oxygens (including phenoxy) is 1. The summed E-state index contributed by atoms with van der Waals surface area (Å²) >= 11 is 3.39. The van der Waals surface area contributed by atoms with Gasteiger partial charge in [0.2, 0.25) is 0 Å². The van der Waals surface area contributed by atoms with E-state index in [9.17, 15) is 13.9 Å². The predicted octanol–water partition coefficient (Wildman–Crippen LogP) is 4.67. The first-order valence-electron chi connectivity index (χ1n) is 6.39. The van der Waals surface area contributed by atoms with E-state index in [2.05, 4.69) is 15.9 Å². The number of benzene rings is 2. The lowest BCUT2D eigenvalue weighted by molar-refractivity contribution is 0.151. The molecule has 0 aliphatic heterocycles. The van der Waals surface area contributed by atoms with E-state index in [0.717, 1.165) is 15.8 Å². The van der Waals surface area contributed by atoms with Crippen molar-refractivity contribution in [2.75, 3.05) is 7.11 Å². The van der Waals surface area contributed by atoms with Gasteiger partial charge in [-0.1, -0.05) is 30.3 Å². The molecule has 2 rings (SSSR count). The van der Waals surface area contributed by atoms with Crippen LogP contribution in [0.2, 0.25) is 0 Å². The molecule has 0 bridgehead atoms. The van der Waals surface area contributed by atoms with Gasteiger partial charge in [0.05, 0.1) is 17.7 Å². The van der Waals surface area contributed by atoms with Crippen molar-refractivity contribution in [3.05, 3.63) is 63.6 Å². The Hall–Kier alpha value is -1.46. The van der Waals surface area contributed by atoms with E-state index in [4.69, 9.17) is 4.74 Å². The molecule has 112 valence electrons. The fraction of sp³-hybridized carbons (Fsp3) is 0.250. The van der Waals surface area contributed by atoms with Gasteiger partial charge in [0.25, 0.3) is 6.43 Å².